The van der Waals surface area contributed by atoms with Gasteiger partial charge in [-0.15, -0.1) is 0 Å². The zero-order valence-corrected chi connectivity index (χ0v) is 23.4. The zero-order valence-electron chi connectivity index (χ0n) is 22.5. The second-order valence-corrected chi connectivity index (χ2v) is 15.3. The van der Waals surface area contributed by atoms with Gasteiger partial charge >= 0.3 is 7.60 Å². The molecule has 34 heavy (non-hydrogen) atoms. The van der Waals surface area contributed by atoms with E-state index in [2.05, 4.69) is 47.6 Å². The van der Waals surface area contributed by atoms with Crippen LogP contribution in [-0.4, -0.2) is 21.2 Å². The number of hydrogen-bond acceptors (Lipinski definition) is 2. The molecule has 0 saturated heterocycles. The van der Waals surface area contributed by atoms with E-state index >= 15 is 0 Å². The van der Waals surface area contributed by atoms with Crippen molar-refractivity contribution in [2.75, 3.05) is 0 Å². The Bertz CT molecular complexity index is 953. The van der Waals surface area contributed by atoms with Crippen LogP contribution in [0, 0.1) is 39.9 Å². The number of fused-ring (bicyclic) bond motifs is 4. The average Bonchev–Trinajstić information content (AvgIpc) is 3.02. The van der Waals surface area contributed by atoms with E-state index in [1.54, 1.807) is 0 Å². The molecule has 192 valence electrons. The second kappa shape index (κ2) is 8.70. The van der Waals surface area contributed by atoms with Crippen molar-refractivity contribution in [3.8, 4) is 0 Å². The van der Waals surface area contributed by atoms with E-state index in [1.165, 1.54) is 36.0 Å². The Morgan fingerprint density at radius 3 is 2.38 bits per heavy atom. The number of allylic oxidation sites excluding steroid dienone is 4. The fourth-order valence-corrected chi connectivity index (χ4v) is 10.6. The first-order valence-corrected chi connectivity index (χ1v) is 15.3. The van der Waals surface area contributed by atoms with Gasteiger partial charge in [-0.2, -0.15) is 0 Å². The maximum Gasteiger partial charge on any atom is 0.336 e. The predicted octanol–water partition coefficient (Wildman–Crippen LogP) is 7.45. The summed E-state index contributed by atoms with van der Waals surface area (Å²) in [6.07, 6.45) is 11.5. The van der Waals surface area contributed by atoms with Crippen LogP contribution >= 0.6 is 7.60 Å². The van der Waals surface area contributed by atoms with E-state index in [-0.39, 0.29) is 29.0 Å². The van der Waals surface area contributed by atoms with E-state index in [1.807, 2.05) is 6.92 Å². The van der Waals surface area contributed by atoms with Crippen LogP contribution in [-0.2, 0) is 9.36 Å². The van der Waals surface area contributed by atoms with Crippen LogP contribution in [0.1, 0.15) is 106 Å². The Hall–Kier alpha value is -0.700. The molecule has 0 spiro atoms. The van der Waals surface area contributed by atoms with Crippen LogP contribution in [0.15, 0.2) is 22.8 Å². The minimum Gasteiger partial charge on any atom is -0.324 e. The van der Waals surface area contributed by atoms with Gasteiger partial charge in [-0.05, 0) is 77.8 Å². The number of carbonyl (C=O) groups excluding carboxylic acids is 1. The molecule has 1 fully saturated rings. The van der Waals surface area contributed by atoms with Gasteiger partial charge in [0.25, 0.3) is 0 Å². The summed E-state index contributed by atoms with van der Waals surface area (Å²) in [6.45, 7) is 15.8. The topological polar surface area (TPSA) is 74.6 Å². The van der Waals surface area contributed by atoms with Crippen molar-refractivity contribution in [2.24, 2.45) is 39.9 Å². The van der Waals surface area contributed by atoms with E-state index < -0.39 is 18.7 Å². The molecule has 0 aromatic heterocycles. The monoisotopic (exact) mass is 490 g/mol. The van der Waals surface area contributed by atoms with Crippen LogP contribution in [0.4, 0.5) is 0 Å². The maximum atomic E-state index is 13.2. The van der Waals surface area contributed by atoms with Crippen LogP contribution < -0.4 is 0 Å². The largest absolute Gasteiger partial charge is 0.336 e. The Labute approximate surface area is 207 Å². The highest BCUT2D eigenvalue weighted by Crippen LogP contribution is 2.70. The summed E-state index contributed by atoms with van der Waals surface area (Å²) in [6, 6.07) is 0. The van der Waals surface area contributed by atoms with Gasteiger partial charge in [0.2, 0.25) is 0 Å². The molecular weight excluding hydrogens is 443 g/mol. The van der Waals surface area contributed by atoms with Crippen molar-refractivity contribution in [3.63, 3.8) is 0 Å². The van der Waals surface area contributed by atoms with Crippen LogP contribution in [0.3, 0.4) is 0 Å². The number of carbonyl (C=O) groups is 1. The van der Waals surface area contributed by atoms with Gasteiger partial charge in [0.15, 0.2) is 0 Å². The molecule has 0 aromatic rings. The first-order valence-electron chi connectivity index (χ1n) is 13.7. The minimum atomic E-state index is -4.57. The van der Waals surface area contributed by atoms with Gasteiger partial charge in [-0.1, -0.05) is 79.4 Å². The Morgan fingerprint density at radius 2 is 1.76 bits per heavy atom. The SMILES string of the molecule is CC(C)CCC[C@@H](C)[C@H]1CC=C2C3=C(CC[C@@]21C)[C@@]1(C)C(P(=O)(O)O)C(=O)CC(C)(C)[C@@H]1CC3. The average molecular weight is 491 g/mol. The zero-order chi connectivity index (χ0) is 25.3. The molecule has 1 unspecified atom stereocenters. The number of ketones is 1. The third-order valence-electron chi connectivity index (χ3n) is 10.6. The maximum absolute atomic E-state index is 13.2. The molecule has 4 aliphatic carbocycles. The van der Waals surface area contributed by atoms with Crippen LogP contribution in [0.2, 0.25) is 0 Å². The summed E-state index contributed by atoms with van der Waals surface area (Å²) < 4.78 is 12.8. The molecule has 0 aromatic carbocycles. The molecule has 0 radical (unpaired) electrons. The number of Topliss-reactive ketones (excluding diaryl/α,β-unsaturated/α-hetero) is 1. The third kappa shape index (κ3) is 4.04. The lowest BCUT2D eigenvalue weighted by Crippen LogP contribution is -2.58. The van der Waals surface area contributed by atoms with Crippen molar-refractivity contribution in [1.82, 2.24) is 0 Å². The van der Waals surface area contributed by atoms with Gasteiger partial charge in [0.1, 0.15) is 11.4 Å². The van der Waals surface area contributed by atoms with Crippen molar-refractivity contribution in [3.05, 3.63) is 22.8 Å². The third-order valence-corrected chi connectivity index (χ3v) is 12.1. The fourth-order valence-electron chi connectivity index (χ4n) is 9.11. The van der Waals surface area contributed by atoms with Gasteiger partial charge < -0.3 is 9.79 Å². The first kappa shape index (κ1) is 26.4. The van der Waals surface area contributed by atoms with Crippen molar-refractivity contribution in [1.29, 1.82) is 0 Å². The van der Waals surface area contributed by atoms with E-state index in [0.717, 1.165) is 38.0 Å². The molecule has 0 bridgehead atoms. The summed E-state index contributed by atoms with van der Waals surface area (Å²) in [5.74, 6) is 1.94. The minimum absolute atomic E-state index is 0.117. The molecule has 0 heterocycles. The molecule has 4 nitrogen and oxygen atoms in total. The summed E-state index contributed by atoms with van der Waals surface area (Å²) >= 11 is 0. The van der Waals surface area contributed by atoms with E-state index in [4.69, 9.17) is 0 Å². The fraction of sp³-hybridized carbons (Fsp3) is 0.828. The highest BCUT2D eigenvalue weighted by Gasteiger charge is 2.64. The lowest BCUT2D eigenvalue weighted by molar-refractivity contribution is -0.131. The van der Waals surface area contributed by atoms with Crippen LogP contribution in [0.5, 0.6) is 0 Å². The summed E-state index contributed by atoms with van der Waals surface area (Å²) in [5.41, 5.74) is 1.96. The van der Waals surface area contributed by atoms with Gasteiger partial charge in [-0.25, -0.2) is 0 Å². The molecule has 2 N–H and O–H groups in total. The first-order chi connectivity index (χ1) is 15.6. The predicted molar refractivity (Wildman–Crippen MR) is 138 cm³/mol. The van der Waals surface area contributed by atoms with Gasteiger partial charge in [0.05, 0.1) is 0 Å². The standard InChI is InChI=1S/C29H47O4P/c1-18(2)9-8-10-19(3)21-12-13-22-20-11-14-25-27(4,5)17-24(30)26(34(31,32)33)29(25,7)23(20)15-16-28(21,22)6/h13,18-19,21,25-26H,8-12,14-17H2,1-7H3,(H2,31,32,33)/t19-,21-,25+,26?,28-,29-/m1/s1. The quantitative estimate of drug-likeness (QED) is 0.379. The highest BCUT2D eigenvalue weighted by atomic mass is 31.2. The number of hydrogen-bond donors (Lipinski definition) is 2. The molecule has 0 aliphatic heterocycles. The molecule has 1 saturated carbocycles. The Balaban J connectivity index is 1.71. The van der Waals surface area contributed by atoms with Gasteiger partial charge in [-0.3, -0.25) is 9.36 Å². The second-order valence-electron chi connectivity index (χ2n) is 13.6. The van der Waals surface area contributed by atoms with E-state index in [0.29, 0.717) is 11.8 Å². The molecule has 4 aliphatic rings. The van der Waals surface area contributed by atoms with Crippen molar-refractivity contribution in [2.45, 2.75) is 112 Å². The number of rotatable bonds is 6. The van der Waals surface area contributed by atoms with Crippen molar-refractivity contribution < 1.29 is 19.1 Å². The Kier molecular flexibility index (Phi) is 6.75. The van der Waals surface area contributed by atoms with Gasteiger partial charge in [0, 0.05) is 11.8 Å². The Morgan fingerprint density at radius 1 is 1.09 bits per heavy atom. The van der Waals surface area contributed by atoms with Crippen LogP contribution in [0.25, 0.3) is 0 Å². The summed E-state index contributed by atoms with van der Waals surface area (Å²) in [5, 5.41) is 0. The molecule has 0 amide bonds. The highest BCUT2D eigenvalue weighted by molar-refractivity contribution is 7.53. The smallest absolute Gasteiger partial charge is 0.324 e. The summed E-state index contributed by atoms with van der Waals surface area (Å²) in [7, 11) is -4.57. The molecule has 4 rings (SSSR count). The lowest BCUT2D eigenvalue weighted by Gasteiger charge is -2.59. The lowest BCUT2D eigenvalue weighted by atomic mass is 9.46. The molecular formula is C29H47O4P. The molecule has 6 atom stereocenters. The van der Waals surface area contributed by atoms with Crippen molar-refractivity contribution >= 4 is 13.4 Å². The van der Waals surface area contributed by atoms with E-state index in [9.17, 15) is 19.1 Å². The summed E-state index contributed by atoms with van der Waals surface area (Å²) in [4.78, 5) is 34.1. The normalized spacial score (nSPS) is 38.4. The molecule has 5 heteroatoms.